The second-order valence-electron chi connectivity index (χ2n) is 5.27. The largest absolute Gasteiger partial charge is 0.317 e. The van der Waals surface area contributed by atoms with Crippen LogP contribution in [-0.4, -0.2) is 45.4 Å². The maximum absolute atomic E-state index is 12.0. The zero-order valence-electron chi connectivity index (χ0n) is 11.2. The molecule has 0 spiro atoms. The number of nitrogens with zero attached hydrogens (tertiary/aromatic N) is 1. The van der Waals surface area contributed by atoms with Crippen LogP contribution in [0.3, 0.4) is 0 Å². The average Bonchev–Trinajstić information content (AvgIpc) is 2.26. The first kappa shape index (κ1) is 14.9. The van der Waals surface area contributed by atoms with Gasteiger partial charge < -0.3 is 5.32 Å². The summed E-state index contributed by atoms with van der Waals surface area (Å²) in [6.45, 7) is 7.78. The minimum atomic E-state index is -3.29. The number of hydrogen-bond donors (Lipinski definition) is 2. The highest BCUT2D eigenvalue weighted by Crippen LogP contribution is 2.18. The Bertz CT molecular complexity index is 330. The van der Waals surface area contributed by atoms with Gasteiger partial charge in [0.05, 0.1) is 0 Å². The molecule has 0 aliphatic carbocycles. The van der Waals surface area contributed by atoms with Crippen LogP contribution >= 0.6 is 0 Å². The minimum Gasteiger partial charge on any atom is -0.317 e. The summed E-state index contributed by atoms with van der Waals surface area (Å²) in [5.74, 6) is 0.682. The van der Waals surface area contributed by atoms with E-state index in [4.69, 9.17) is 0 Å². The van der Waals surface area contributed by atoms with E-state index in [9.17, 15) is 8.42 Å². The Hall–Kier alpha value is -0.170. The molecular formula is C11H25N3O2S. The summed E-state index contributed by atoms with van der Waals surface area (Å²) < 4.78 is 28.3. The van der Waals surface area contributed by atoms with Crippen LogP contribution in [0.1, 0.15) is 27.2 Å². The molecule has 1 rings (SSSR count). The highest BCUT2D eigenvalue weighted by atomic mass is 32.2. The van der Waals surface area contributed by atoms with Gasteiger partial charge in [-0.1, -0.05) is 20.8 Å². The monoisotopic (exact) mass is 263 g/mol. The van der Waals surface area contributed by atoms with Gasteiger partial charge >= 0.3 is 0 Å². The Labute approximate surface area is 105 Å². The van der Waals surface area contributed by atoms with Crippen LogP contribution < -0.4 is 10.0 Å². The molecule has 0 amide bonds. The molecule has 5 nitrogen and oxygen atoms in total. The summed E-state index contributed by atoms with van der Waals surface area (Å²) in [7, 11) is -1.35. The summed E-state index contributed by atoms with van der Waals surface area (Å²) in [6.07, 6.45) is 0.875. The predicted octanol–water partition coefficient (Wildman–Crippen LogP) is 0.407. The fourth-order valence-corrected chi connectivity index (χ4v) is 3.62. The molecule has 1 saturated heterocycles. The van der Waals surface area contributed by atoms with Crippen molar-refractivity contribution in [2.45, 2.75) is 33.2 Å². The van der Waals surface area contributed by atoms with E-state index < -0.39 is 10.2 Å². The smallest absolute Gasteiger partial charge is 0.279 e. The molecule has 1 fully saturated rings. The summed E-state index contributed by atoms with van der Waals surface area (Å²) in [6, 6.07) is 0.423. The first-order chi connectivity index (χ1) is 7.86. The summed E-state index contributed by atoms with van der Waals surface area (Å²) >= 11 is 0. The van der Waals surface area contributed by atoms with Crippen LogP contribution in [0.25, 0.3) is 0 Å². The summed E-state index contributed by atoms with van der Waals surface area (Å²) in [5, 5.41) is 3.23. The maximum Gasteiger partial charge on any atom is 0.279 e. The first-order valence-corrected chi connectivity index (χ1v) is 7.72. The van der Waals surface area contributed by atoms with Crippen molar-refractivity contribution in [3.8, 4) is 0 Å². The molecule has 1 heterocycles. The normalized spacial score (nSPS) is 27.6. The van der Waals surface area contributed by atoms with E-state index in [1.54, 1.807) is 4.31 Å². The Morgan fingerprint density at radius 3 is 2.53 bits per heavy atom. The van der Waals surface area contributed by atoms with Gasteiger partial charge in [0.1, 0.15) is 0 Å². The van der Waals surface area contributed by atoms with Crippen molar-refractivity contribution in [2.24, 2.45) is 11.8 Å². The third-order valence-electron chi connectivity index (χ3n) is 3.25. The van der Waals surface area contributed by atoms with Crippen molar-refractivity contribution in [1.82, 2.24) is 14.3 Å². The van der Waals surface area contributed by atoms with Gasteiger partial charge in [-0.25, -0.2) is 4.72 Å². The van der Waals surface area contributed by atoms with E-state index in [2.05, 4.69) is 17.0 Å². The van der Waals surface area contributed by atoms with E-state index in [1.807, 2.05) is 20.9 Å². The number of rotatable bonds is 5. The zero-order valence-corrected chi connectivity index (χ0v) is 12.0. The number of nitrogens with one attached hydrogen (secondary N) is 2. The van der Waals surface area contributed by atoms with Crippen LogP contribution in [0.4, 0.5) is 0 Å². The molecule has 0 aromatic rings. The van der Waals surface area contributed by atoms with Gasteiger partial charge in [-0.2, -0.15) is 12.7 Å². The van der Waals surface area contributed by atoms with Crippen LogP contribution in [0, 0.1) is 11.8 Å². The van der Waals surface area contributed by atoms with E-state index in [0.29, 0.717) is 37.5 Å². The molecule has 0 saturated carbocycles. The van der Waals surface area contributed by atoms with E-state index in [1.165, 1.54) is 0 Å². The third kappa shape index (κ3) is 4.21. The van der Waals surface area contributed by atoms with Crippen molar-refractivity contribution in [3.05, 3.63) is 0 Å². The van der Waals surface area contributed by atoms with Gasteiger partial charge in [-0.15, -0.1) is 0 Å². The van der Waals surface area contributed by atoms with Crippen LogP contribution in [-0.2, 0) is 10.2 Å². The lowest BCUT2D eigenvalue weighted by Gasteiger charge is -2.36. The van der Waals surface area contributed by atoms with Gasteiger partial charge in [0, 0.05) is 25.7 Å². The third-order valence-corrected chi connectivity index (χ3v) is 4.80. The highest BCUT2D eigenvalue weighted by molar-refractivity contribution is 7.87. The predicted molar refractivity (Wildman–Crippen MR) is 70.0 cm³/mol. The van der Waals surface area contributed by atoms with Crippen LogP contribution in [0.15, 0.2) is 0 Å². The fraction of sp³-hybridized carbons (Fsp3) is 1.00. The molecule has 0 aromatic carbocycles. The first-order valence-electron chi connectivity index (χ1n) is 6.28. The van der Waals surface area contributed by atoms with Crippen molar-refractivity contribution in [2.75, 3.05) is 26.7 Å². The molecule has 6 heteroatoms. The van der Waals surface area contributed by atoms with Gasteiger partial charge in [0.2, 0.25) is 0 Å². The van der Waals surface area contributed by atoms with E-state index in [0.717, 1.165) is 6.42 Å². The number of hydrogen-bond acceptors (Lipinski definition) is 3. The molecule has 1 aliphatic heterocycles. The Morgan fingerprint density at radius 1 is 1.41 bits per heavy atom. The lowest BCUT2D eigenvalue weighted by atomic mass is 9.96. The second kappa shape index (κ2) is 6.13. The van der Waals surface area contributed by atoms with Crippen molar-refractivity contribution in [1.29, 1.82) is 0 Å². The van der Waals surface area contributed by atoms with Crippen molar-refractivity contribution < 1.29 is 8.42 Å². The van der Waals surface area contributed by atoms with Gasteiger partial charge in [0.15, 0.2) is 0 Å². The Balaban J connectivity index is 2.56. The maximum atomic E-state index is 12.0. The molecule has 1 aliphatic rings. The molecule has 2 N–H and O–H groups in total. The number of piperidine rings is 1. The molecule has 2 atom stereocenters. The van der Waals surface area contributed by atoms with Crippen molar-refractivity contribution >= 4 is 10.2 Å². The summed E-state index contributed by atoms with van der Waals surface area (Å²) in [4.78, 5) is 0. The molecule has 0 radical (unpaired) electrons. The SMILES string of the molecule is CNC1CCN(S(=O)(=O)NCC(C)C)CC1C. The molecule has 0 bridgehead atoms. The van der Waals surface area contributed by atoms with Crippen molar-refractivity contribution in [3.63, 3.8) is 0 Å². The molecule has 2 unspecified atom stereocenters. The van der Waals surface area contributed by atoms with Crippen LogP contribution in [0.2, 0.25) is 0 Å². The van der Waals surface area contributed by atoms with Gasteiger partial charge in [-0.3, -0.25) is 0 Å². The Morgan fingerprint density at radius 2 is 2.06 bits per heavy atom. The molecule has 0 aromatic heterocycles. The standard InChI is InChI=1S/C11H25N3O2S/c1-9(2)7-13-17(15,16)14-6-5-11(12-4)10(3)8-14/h9-13H,5-8H2,1-4H3. The highest BCUT2D eigenvalue weighted by Gasteiger charge is 2.31. The zero-order chi connectivity index (χ0) is 13.1. The lowest BCUT2D eigenvalue weighted by Crippen LogP contribution is -2.52. The molecule has 17 heavy (non-hydrogen) atoms. The van der Waals surface area contributed by atoms with Crippen LogP contribution in [0.5, 0.6) is 0 Å². The Kier molecular flexibility index (Phi) is 5.37. The van der Waals surface area contributed by atoms with E-state index in [-0.39, 0.29) is 0 Å². The quantitative estimate of drug-likeness (QED) is 0.755. The van der Waals surface area contributed by atoms with E-state index >= 15 is 0 Å². The average molecular weight is 263 g/mol. The van der Waals surface area contributed by atoms with Gasteiger partial charge in [0.25, 0.3) is 10.2 Å². The molecular weight excluding hydrogens is 238 g/mol. The summed E-state index contributed by atoms with van der Waals surface area (Å²) in [5.41, 5.74) is 0. The molecule has 102 valence electrons. The lowest BCUT2D eigenvalue weighted by molar-refractivity contribution is 0.226. The topological polar surface area (TPSA) is 61.4 Å². The van der Waals surface area contributed by atoms with Gasteiger partial charge in [-0.05, 0) is 25.3 Å². The minimum absolute atomic E-state index is 0.331. The second-order valence-corrected chi connectivity index (χ2v) is 7.02. The fourth-order valence-electron chi connectivity index (χ4n) is 2.12.